The molecule has 1 saturated carbocycles. The van der Waals surface area contributed by atoms with Crippen molar-refractivity contribution in [2.24, 2.45) is 5.92 Å². The third-order valence-electron chi connectivity index (χ3n) is 2.58. The van der Waals surface area contributed by atoms with Gasteiger partial charge in [-0.05, 0) is 35.2 Å². The van der Waals surface area contributed by atoms with E-state index in [2.05, 4.69) is 38.4 Å². The van der Waals surface area contributed by atoms with E-state index in [-0.39, 0.29) is 5.56 Å². The lowest BCUT2D eigenvalue weighted by Gasteiger charge is -2.14. The summed E-state index contributed by atoms with van der Waals surface area (Å²) in [4.78, 5) is 11.3. The van der Waals surface area contributed by atoms with Crippen LogP contribution in [-0.2, 0) is 0 Å². The minimum Gasteiger partial charge on any atom is -0.380 e. The fraction of sp³-hybridized carbons (Fsp3) is 0.600. The molecule has 0 saturated heterocycles. The number of hydrogen-bond acceptors (Lipinski definition) is 3. The van der Waals surface area contributed by atoms with Gasteiger partial charge in [-0.3, -0.25) is 4.79 Å². The van der Waals surface area contributed by atoms with Gasteiger partial charge in [0.2, 0.25) is 0 Å². The van der Waals surface area contributed by atoms with Crippen LogP contribution in [0.2, 0.25) is 0 Å². The summed E-state index contributed by atoms with van der Waals surface area (Å²) in [5, 5.41) is 9.43. The van der Waals surface area contributed by atoms with Crippen LogP contribution < -0.4 is 10.9 Å². The summed E-state index contributed by atoms with van der Waals surface area (Å²) in [5.41, 5.74) is 0.575. The highest BCUT2D eigenvalue weighted by Gasteiger charge is 2.23. The first-order chi connectivity index (χ1) is 7.16. The van der Waals surface area contributed by atoms with Crippen molar-refractivity contribution in [3.8, 4) is 0 Å². The second-order valence-corrected chi connectivity index (χ2v) is 4.94. The number of rotatable bonds is 4. The summed E-state index contributed by atoms with van der Waals surface area (Å²) in [6.07, 6.45) is 5.50. The van der Waals surface area contributed by atoms with E-state index < -0.39 is 0 Å². The third-order valence-corrected chi connectivity index (χ3v) is 3.37. The summed E-state index contributed by atoms with van der Waals surface area (Å²) >= 11 is 3.24. The predicted molar refractivity (Wildman–Crippen MR) is 63.0 cm³/mol. The minimum atomic E-state index is -0.196. The van der Waals surface area contributed by atoms with Crippen molar-refractivity contribution in [2.45, 2.75) is 32.2 Å². The van der Waals surface area contributed by atoms with Crippen molar-refractivity contribution in [3.63, 3.8) is 0 Å². The highest BCUT2D eigenvalue weighted by atomic mass is 79.9. The monoisotopic (exact) mass is 271 g/mol. The number of nitrogens with one attached hydrogen (secondary N) is 2. The van der Waals surface area contributed by atoms with Crippen molar-refractivity contribution >= 4 is 21.6 Å². The third kappa shape index (κ3) is 2.81. The van der Waals surface area contributed by atoms with E-state index in [1.54, 1.807) is 6.20 Å². The van der Waals surface area contributed by atoms with E-state index in [4.69, 9.17) is 0 Å². The quantitative estimate of drug-likeness (QED) is 0.882. The Morgan fingerprint density at radius 2 is 2.47 bits per heavy atom. The van der Waals surface area contributed by atoms with Crippen LogP contribution in [0.5, 0.6) is 0 Å². The molecule has 2 rings (SSSR count). The maximum Gasteiger partial charge on any atom is 0.280 e. The molecule has 82 valence electrons. The second-order valence-electron chi connectivity index (χ2n) is 4.15. The Morgan fingerprint density at radius 3 is 3.13 bits per heavy atom. The van der Waals surface area contributed by atoms with Crippen LogP contribution in [0.1, 0.15) is 26.2 Å². The van der Waals surface area contributed by atoms with Gasteiger partial charge in [-0.25, -0.2) is 5.10 Å². The van der Waals surface area contributed by atoms with Crippen LogP contribution in [0.25, 0.3) is 0 Å². The number of aromatic amines is 1. The van der Waals surface area contributed by atoms with Crippen molar-refractivity contribution in [1.29, 1.82) is 0 Å². The first kappa shape index (κ1) is 10.7. The lowest BCUT2D eigenvalue weighted by atomic mass is 10.1. The van der Waals surface area contributed by atoms with E-state index in [9.17, 15) is 4.79 Å². The van der Waals surface area contributed by atoms with Gasteiger partial charge in [-0.2, -0.15) is 5.10 Å². The molecular weight excluding hydrogens is 258 g/mol. The highest BCUT2D eigenvalue weighted by Crippen LogP contribution is 2.34. The zero-order valence-electron chi connectivity index (χ0n) is 8.59. The molecule has 1 heterocycles. The predicted octanol–water partition coefficient (Wildman–Crippen LogP) is 2.13. The number of nitrogens with zero attached hydrogens (tertiary/aromatic N) is 1. The van der Waals surface area contributed by atoms with Crippen LogP contribution in [0, 0.1) is 5.92 Å². The maximum absolute atomic E-state index is 11.3. The molecule has 1 aliphatic carbocycles. The van der Waals surface area contributed by atoms with Crippen LogP contribution in [0.4, 0.5) is 5.69 Å². The second kappa shape index (κ2) is 4.35. The number of hydrogen-bond donors (Lipinski definition) is 2. The van der Waals surface area contributed by atoms with Gasteiger partial charge in [0.05, 0.1) is 11.9 Å². The number of aromatic nitrogens is 2. The van der Waals surface area contributed by atoms with Gasteiger partial charge in [0.1, 0.15) is 4.47 Å². The minimum absolute atomic E-state index is 0.196. The number of halogens is 1. The molecule has 1 fully saturated rings. The van der Waals surface area contributed by atoms with E-state index in [1.165, 1.54) is 19.3 Å². The molecule has 1 aliphatic rings. The largest absolute Gasteiger partial charge is 0.380 e. The lowest BCUT2D eigenvalue weighted by molar-refractivity contribution is 0.641. The first-order valence-corrected chi connectivity index (χ1v) is 5.96. The zero-order chi connectivity index (χ0) is 10.8. The molecule has 0 aromatic carbocycles. The molecule has 0 aliphatic heterocycles. The van der Waals surface area contributed by atoms with Gasteiger partial charge in [-0.1, -0.05) is 12.8 Å². The topological polar surface area (TPSA) is 57.8 Å². The van der Waals surface area contributed by atoms with Gasteiger partial charge in [0, 0.05) is 6.04 Å². The molecule has 0 spiro atoms. The molecule has 1 aromatic rings. The molecule has 0 bridgehead atoms. The zero-order valence-corrected chi connectivity index (χ0v) is 10.2. The molecule has 1 atom stereocenters. The molecule has 15 heavy (non-hydrogen) atoms. The van der Waals surface area contributed by atoms with Crippen LogP contribution in [-0.4, -0.2) is 16.2 Å². The fourth-order valence-electron chi connectivity index (χ4n) is 1.66. The number of anilines is 1. The van der Waals surface area contributed by atoms with Gasteiger partial charge in [-0.15, -0.1) is 0 Å². The molecule has 5 heteroatoms. The molecule has 0 radical (unpaired) electrons. The number of H-pyrrole nitrogens is 1. The van der Waals surface area contributed by atoms with E-state index in [1.807, 2.05) is 0 Å². The maximum atomic E-state index is 11.3. The standard InChI is InChI=1S/C10H14BrN3O/c1-6(4-7-2-3-7)13-8-5-12-14-10(15)9(8)11/h5-7H,2-4H2,1H3,(H2,13,14,15). The Kier molecular flexibility index (Phi) is 3.09. The highest BCUT2D eigenvalue weighted by molar-refractivity contribution is 9.10. The lowest BCUT2D eigenvalue weighted by Crippen LogP contribution is -2.19. The van der Waals surface area contributed by atoms with E-state index in [0.717, 1.165) is 11.6 Å². The summed E-state index contributed by atoms with van der Waals surface area (Å²) in [5.74, 6) is 0.876. The van der Waals surface area contributed by atoms with Crippen molar-refractivity contribution in [3.05, 3.63) is 21.0 Å². The average Bonchev–Trinajstić information content (AvgIpc) is 2.97. The Morgan fingerprint density at radius 1 is 1.73 bits per heavy atom. The van der Waals surface area contributed by atoms with Gasteiger partial charge in [0.15, 0.2) is 0 Å². The summed E-state index contributed by atoms with van der Waals surface area (Å²) < 4.78 is 0.528. The SMILES string of the molecule is CC(CC1CC1)Nc1cn[nH]c(=O)c1Br. The molecule has 0 amide bonds. The normalized spacial score (nSPS) is 17.5. The van der Waals surface area contributed by atoms with Crippen LogP contribution in [0.15, 0.2) is 15.5 Å². The summed E-state index contributed by atoms with van der Waals surface area (Å²) in [7, 11) is 0. The summed E-state index contributed by atoms with van der Waals surface area (Å²) in [6.45, 7) is 2.13. The van der Waals surface area contributed by atoms with Crippen molar-refractivity contribution in [2.75, 3.05) is 5.32 Å². The molecule has 4 nitrogen and oxygen atoms in total. The van der Waals surface area contributed by atoms with Crippen LogP contribution in [0.3, 0.4) is 0 Å². The first-order valence-electron chi connectivity index (χ1n) is 5.16. The Bertz CT molecular complexity index is 400. The Balaban J connectivity index is 2.02. The average molecular weight is 272 g/mol. The molecule has 2 N–H and O–H groups in total. The molecular formula is C10H14BrN3O. The Labute approximate surface area is 96.6 Å². The molecule has 1 aromatic heterocycles. The Hall–Kier alpha value is -0.840. The van der Waals surface area contributed by atoms with Crippen molar-refractivity contribution < 1.29 is 0 Å². The van der Waals surface area contributed by atoms with E-state index >= 15 is 0 Å². The van der Waals surface area contributed by atoms with Crippen molar-refractivity contribution in [1.82, 2.24) is 10.2 Å². The summed E-state index contributed by atoms with van der Waals surface area (Å²) in [6, 6.07) is 0.386. The van der Waals surface area contributed by atoms with Gasteiger partial charge >= 0.3 is 0 Å². The van der Waals surface area contributed by atoms with Gasteiger partial charge < -0.3 is 5.32 Å². The van der Waals surface area contributed by atoms with Gasteiger partial charge in [0.25, 0.3) is 5.56 Å². The van der Waals surface area contributed by atoms with Crippen LogP contribution >= 0.6 is 15.9 Å². The fourth-order valence-corrected chi connectivity index (χ4v) is 1.97. The van der Waals surface area contributed by atoms with E-state index in [0.29, 0.717) is 10.5 Å². The smallest absolute Gasteiger partial charge is 0.280 e. The molecule has 1 unspecified atom stereocenters.